The van der Waals surface area contributed by atoms with Gasteiger partial charge in [0.05, 0.1) is 29.6 Å². The van der Waals surface area contributed by atoms with E-state index in [2.05, 4.69) is 10.2 Å². The molecule has 2 heterocycles. The van der Waals surface area contributed by atoms with Gasteiger partial charge in [0, 0.05) is 17.5 Å². The number of carbonyl (C=O) groups excluding carboxylic acids is 2. The first-order valence-corrected chi connectivity index (χ1v) is 9.16. The van der Waals surface area contributed by atoms with Crippen molar-refractivity contribution in [3.05, 3.63) is 35.5 Å². The van der Waals surface area contributed by atoms with Crippen molar-refractivity contribution in [3.8, 4) is 0 Å². The lowest BCUT2D eigenvalue weighted by molar-refractivity contribution is 0.0346. The van der Waals surface area contributed by atoms with E-state index >= 15 is 0 Å². The number of allylic oxidation sites excluding steroid dienone is 1. The van der Waals surface area contributed by atoms with Crippen LogP contribution in [0.3, 0.4) is 0 Å². The highest BCUT2D eigenvalue weighted by atomic mass is 16.6. The third-order valence-corrected chi connectivity index (χ3v) is 4.22. The Bertz CT molecular complexity index is 892. The number of hydrogen-bond donors (Lipinski definition) is 1. The molecule has 0 saturated carbocycles. The normalized spacial score (nSPS) is 14.8. The third-order valence-electron chi connectivity index (χ3n) is 4.22. The van der Waals surface area contributed by atoms with E-state index in [1.807, 2.05) is 32.9 Å². The first-order valence-electron chi connectivity index (χ1n) is 9.16. The number of aromatic nitrogens is 2. The van der Waals surface area contributed by atoms with Crippen molar-refractivity contribution in [2.75, 3.05) is 13.2 Å². The average Bonchev–Trinajstić information content (AvgIpc) is 3.09. The zero-order valence-electron chi connectivity index (χ0n) is 16.2. The fourth-order valence-corrected chi connectivity index (χ4v) is 3.12. The molecule has 0 atom stereocenters. The first-order chi connectivity index (χ1) is 12.8. The Morgan fingerprint density at radius 2 is 2.07 bits per heavy atom. The maximum absolute atomic E-state index is 12.7. The van der Waals surface area contributed by atoms with Crippen LogP contribution >= 0.6 is 0 Å². The Hall–Kier alpha value is -2.83. The van der Waals surface area contributed by atoms with Gasteiger partial charge in [0.2, 0.25) is 0 Å². The van der Waals surface area contributed by atoms with E-state index in [4.69, 9.17) is 9.47 Å². The molecule has 144 valence electrons. The van der Waals surface area contributed by atoms with Crippen LogP contribution in [0.15, 0.2) is 24.4 Å². The van der Waals surface area contributed by atoms with Gasteiger partial charge >= 0.3 is 12.1 Å². The van der Waals surface area contributed by atoms with Gasteiger partial charge in [-0.2, -0.15) is 5.10 Å². The second-order valence-corrected chi connectivity index (χ2v) is 7.40. The number of hydrogen-bond acceptors (Lipinski definition) is 5. The summed E-state index contributed by atoms with van der Waals surface area (Å²) in [5, 5.41) is 7.72. The molecule has 1 aliphatic heterocycles. The summed E-state index contributed by atoms with van der Waals surface area (Å²) < 4.78 is 10.7. The minimum Gasteiger partial charge on any atom is -0.462 e. The third kappa shape index (κ3) is 3.97. The number of nitrogens with zero attached hydrogens (tertiary/aromatic N) is 2. The number of esters is 1. The summed E-state index contributed by atoms with van der Waals surface area (Å²) >= 11 is 0. The van der Waals surface area contributed by atoms with Gasteiger partial charge in [0.15, 0.2) is 0 Å². The molecule has 0 aliphatic carbocycles. The Morgan fingerprint density at radius 1 is 1.30 bits per heavy atom. The number of H-pyrrole nitrogens is 1. The van der Waals surface area contributed by atoms with E-state index in [9.17, 15) is 9.59 Å². The zero-order chi connectivity index (χ0) is 19.6. The Balaban J connectivity index is 2.02. The van der Waals surface area contributed by atoms with Gasteiger partial charge in [0.1, 0.15) is 5.60 Å². The van der Waals surface area contributed by atoms with Gasteiger partial charge in [-0.15, -0.1) is 0 Å². The lowest BCUT2D eigenvalue weighted by Gasteiger charge is -2.31. The Labute approximate surface area is 158 Å². The highest BCUT2D eigenvalue weighted by molar-refractivity contribution is 6.06. The van der Waals surface area contributed by atoms with Crippen LogP contribution in [-0.2, 0) is 9.47 Å². The molecule has 1 aliphatic rings. The van der Waals surface area contributed by atoms with Crippen molar-refractivity contribution < 1.29 is 19.1 Å². The molecule has 1 aromatic heterocycles. The summed E-state index contributed by atoms with van der Waals surface area (Å²) in [5.41, 5.74) is 2.14. The van der Waals surface area contributed by atoms with Gasteiger partial charge in [-0.3, -0.25) is 10.00 Å². The van der Waals surface area contributed by atoms with Crippen LogP contribution in [0.2, 0.25) is 0 Å². The Kier molecular flexibility index (Phi) is 5.21. The van der Waals surface area contributed by atoms with Crippen LogP contribution in [-0.4, -0.2) is 45.9 Å². The van der Waals surface area contributed by atoms with Gasteiger partial charge in [-0.05, 0) is 52.7 Å². The smallest absolute Gasteiger partial charge is 0.414 e. The number of ether oxygens (including phenoxy) is 2. The van der Waals surface area contributed by atoms with Crippen LogP contribution < -0.4 is 0 Å². The zero-order valence-corrected chi connectivity index (χ0v) is 16.2. The van der Waals surface area contributed by atoms with Crippen molar-refractivity contribution in [1.29, 1.82) is 0 Å². The number of fused-ring (bicyclic) bond motifs is 1. The van der Waals surface area contributed by atoms with Gasteiger partial charge < -0.3 is 9.47 Å². The van der Waals surface area contributed by atoms with E-state index < -0.39 is 11.6 Å². The molecule has 7 heteroatoms. The summed E-state index contributed by atoms with van der Waals surface area (Å²) in [7, 11) is 0. The van der Waals surface area contributed by atoms with Crippen LogP contribution in [0.1, 0.15) is 56.5 Å². The van der Waals surface area contributed by atoms with Crippen molar-refractivity contribution in [2.24, 2.45) is 0 Å². The first kappa shape index (κ1) is 18.9. The van der Waals surface area contributed by atoms with Crippen molar-refractivity contribution in [1.82, 2.24) is 15.1 Å². The monoisotopic (exact) mass is 371 g/mol. The maximum Gasteiger partial charge on any atom is 0.414 e. The number of carbonyl (C=O) groups is 2. The summed E-state index contributed by atoms with van der Waals surface area (Å²) in [6.07, 6.45) is 4.98. The van der Waals surface area contributed by atoms with E-state index in [0.717, 1.165) is 24.1 Å². The number of aromatic amines is 1. The highest BCUT2D eigenvalue weighted by Crippen LogP contribution is 2.32. The van der Waals surface area contributed by atoms with Crippen LogP contribution in [0, 0.1) is 0 Å². The molecule has 2 aromatic rings. The molecular formula is C20H25N3O4. The SMILES string of the molecule is CCOC(=O)c1ccc(C2=CCCCN2C(=O)OC(C)(C)C)c2[nH]ncc12. The van der Waals surface area contributed by atoms with Crippen molar-refractivity contribution in [3.63, 3.8) is 0 Å². The van der Waals surface area contributed by atoms with Crippen molar-refractivity contribution >= 4 is 28.7 Å². The van der Waals surface area contributed by atoms with Gasteiger partial charge in [-0.25, -0.2) is 9.59 Å². The molecule has 0 bridgehead atoms. The van der Waals surface area contributed by atoms with Gasteiger partial charge in [-0.1, -0.05) is 6.08 Å². The molecule has 0 unspecified atom stereocenters. The molecule has 0 saturated heterocycles. The van der Waals surface area contributed by atoms with E-state index in [1.165, 1.54) is 0 Å². The fourth-order valence-electron chi connectivity index (χ4n) is 3.12. The number of rotatable bonds is 3. The minimum atomic E-state index is -0.573. The average molecular weight is 371 g/mol. The summed E-state index contributed by atoms with van der Waals surface area (Å²) in [5.74, 6) is -0.392. The van der Waals surface area contributed by atoms with E-state index in [-0.39, 0.29) is 6.09 Å². The van der Waals surface area contributed by atoms with Crippen LogP contribution in [0.5, 0.6) is 0 Å². The molecule has 1 amide bonds. The molecule has 1 aromatic carbocycles. The summed E-state index contributed by atoms with van der Waals surface area (Å²) in [6.45, 7) is 8.19. The standard InChI is InChI=1S/C20H25N3O4/c1-5-26-18(24)13-9-10-14(17-15(13)12-21-22-17)16-8-6-7-11-23(16)19(25)27-20(2,3)4/h8-10,12H,5-7,11H2,1-4H3,(H,21,22). The lowest BCUT2D eigenvalue weighted by Crippen LogP contribution is -2.37. The second kappa shape index (κ2) is 7.42. The van der Waals surface area contributed by atoms with E-state index in [1.54, 1.807) is 24.1 Å². The predicted octanol–water partition coefficient (Wildman–Crippen LogP) is 4.11. The molecule has 0 radical (unpaired) electrons. The summed E-state index contributed by atoms with van der Waals surface area (Å²) in [4.78, 5) is 26.6. The van der Waals surface area contributed by atoms with Crippen LogP contribution in [0.4, 0.5) is 4.79 Å². The molecule has 27 heavy (non-hydrogen) atoms. The highest BCUT2D eigenvalue weighted by Gasteiger charge is 2.28. The molecule has 7 nitrogen and oxygen atoms in total. The quantitative estimate of drug-likeness (QED) is 0.821. The fraction of sp³-hybridized carbons (Fsp3) is 0.450. The molecular weight excluding hydrogens is 346 g/mol. The molecule has 3 rings (SSSR count). The minimum absolute atomic E-state index is 0.303. The lowest BCUT2D eigenvalue weighted by atomic mass is 10.00. The topological polar surface area (TPSA) is 84.5 Å². The molecule has 0 fully saturated rings. The van der Waals surface area contributed by atoms with Gasteiger partial charge in [0.25, 0.3) is 0 Å². The maximum atomic E-state index is 12.7. The number of amides is 1. The number of nitrogens with one attached hydrogen (secondary N) is 1. The Morgan fingerprint density at radius 3 is 2.78 bits per heavy atom. The summed E-state index contributed by atoms with van der Waals surface area (Å²) in [6, 6.07) is 3.54. The molecule has 1 N–H and O–H groups in total. The number of benzene rings is 1. The van der Waals surface area contributed by atoms with E-state index in [0.29, 0.717) is 29.6 Å². The second-order valence-electron chi connectivity index (χ2n) is 7.40. The predicted molar refractivity (Wildman–Crippen MR) is 102 cm³/mol. The van der Waals surface area contributed by atoms with Crippen LogP contribution in [0.25, 0.3) is 16.6 Å². The largest absolute Gasteiger partial charge is 0.462 e. The van der Waals surface area contributed by atoms with Crippen molar-refractivity contribution in [2.45, 2.75) is 46.1 Å². The molecule has 0 spiro atoms.